The third-order valence-corrected chi connectivity index (χ3v) is 4.78. The summed E-state index contributed by atoms with van der Waals surface area (Å²) in [6.45, 7) is 2.01. The van der Waals surface area contributed by atoms with Gasteiger partial charge in [0.2, 0.25) is 12.7 Å². The Bertz CT molecular complexity index is 940. The number of amidine groups is 1. The third kappa shape index (κ3) is 4.44. The number of pyridine rings is 1. The minimum atomic E-state index is -1.04. The first kappa shape index (κ1) is 21.3. The van der Waals surface area contributed by atoms with E-state index in [1.807, 2.05) is 13.8 Å². The number of amides is 1. The lowest BCUT2D eigenvalue weighted by molar-refractivity contribution is 0.0861. The molecule has 0 aliphatic carbocycles. The molecule has 0 radical (unpaired) electrons. The number of ether oxygens (including phenoxy) is 2. The van der Waals surface area contributed by atoms with Crippen molar-refractivity contribution in [1.82, 2.24) is 15.0 Å². The SMILES string of the molecule is CCC1(c2nc(NC(=O)c3cnc(OCF)cn3)ccc2C)CC(CF)OC(N)=N1. The van der Waals surface area contributed by atoms with E-state index in [1.165, 1.54) is 0 Å². The fourth-order valence-electron chi connectivity index (χ4n) is 3.31. The maximum absolute atomic E-state index is 13.3. The van der Waals surface area contributed by atoms with Crippen molar-refractivity contribution in [1.29, 1.82) is 0 Å². The van der Waals surface area contributed by atoms with Crippen molar-refractivity contribution < 1.29 is 23.0 Å². The Kier molecular flexibility index (Phi) is 6.38. The highest BCUT2D eigenvalue weighted by Gasteiger charge is 2.40. The molecule has 9 nitrogen and oxygen atoms in total. The van der Waals surface area contributed by atoms with E-state index < -0.39 is 31.1 Å². The average molecular weight is 420 g/mol. The van der Waals surface area contributed by atoms with Crippen LogP contribution in [0.15, 0.2) is 29.5 Å². The van der Waals surface area contributed by atoms with Gasteiger partial charge in [0, 0.05) is 6.42 Å². The standard InChI is InChI=1S/C19H22F2N6O3/c1-3-19(6-12(7-20)30-18(22)27-19)16-11(2)4-5-14(25-16)26-17(28)13-8-24-15(9-23-13)29-10-21/h4-5,8-9,12H,3,6-7,10H2,1-2H3,(H2,22,27)(H,25,26,28). The van der Waals surface area contributed by atoms with E-state index >= 15 is 0 Å². The molecule has 11 heteroatoms. The molecule has 2 aromatic rings. The number of nitrogens with two attached hydrogens (primary N) is 1. The molecule has 3 rings (SSSR count). The minimum Gasteiger partial charge on any atom is -0.459 e. The van der Waals surface area contributed by atoms with Crippen molar-refractivity contribution in [2.75, 3.05) is 18.9 Å². The highest BCUT2D eigenvalue weighted by atomic mass is 19.1. The molecule has 1 amide bonds. The Balaban J connectivity index is 1.87. The molecule has 0 aromatic carbocycles. The number of hydrogen-bond acceptors (Lipinski definition) is 8. The summed E-state index contributed by atoms with van der Waals surface area (Å²) in [5, 5.41) is 2.64. The van der Waals surface area contributed by atoms with Gasteiger partial charge in [-0.3, -0.25) is 4.79 Å². The molecule has 1 aliphatic rings. The van der Waals surface area contributed by atoms with Crippen LogP contribution < -0.4 is 15.8 Å². The summed E-state index contributed by atoms with van der Waals surface area (Å²) in [7, 11) is 0. The van der Waals surface area contributed by atoms with Gasteiger partial charge in [-0.2, -0.15) is 0 Å². The smallest absolute Gasteiger partial charge is 0.283 e. The van der Waals surface area contributed by atoms with Crippen molar-refractivity contribution >= 4 is 17.7 Å². The van der Waals surface area contributed by atoms with Gasteiger partial charge in [0.15, 0.2) is 0 Å². The summed E-state index contributed by atoms with van der Waals surface area (Å²) in [5.41, 5.74) is 6.31. The largest absolute Gasteiger partial charge is 0.459 e. The Labute approximate surface area is 171 Å². The van der Waals surface area contributed by atoms with E-state index in [0.29, 0.717) is 12.1 Å². The normalized spacial score (nSPS) is 20.8. The number of nitrogens with one attached hydrogen (secondary N) is 1. The quantitative estimate of drug-likeness (QED) is 0.705. The molecular weight excluding hydrogens is 398 g/mol. The number of alkyl halides is 2. The first-order valence-electron chi connectivity index (χ1n) is 9.29. The minimum absolute atomic E-state index is 0.00108. The second-order valence-electron chi connectivity index (χ2n) is 6.74. The van der Waals surface area contributed by atoms with Crippen LogP contribution in [-0.4, -0.2) is 46.5 Å². The Morgan fingerprint density at radius 2 is 2.17 bits per heavy atom. The van der Waals surface area contributed by atoms with Crippen LogP contribution in [0.25, 0.3) is 0 Å². The van der Waals surface area contributed by atoms with Gasteiger partial charge in [0.05, 0.1) is 18.1 Å². The molecule has 0 saturated heterocycles. The summed E-state index contributed by atoms with van der Waals surface area (Å²) < 4.78 is 35.3. The number of nitrogens with zero attached hydrogens (tertiary/aromatic N) is 4. The molecule has 3 N–H and O–H groups in total. The molecule has 2 unspecified atom stereocenters. The van der Waals surface area contributed by atoms with Crippen LogP contribution >= 0.6 is 0 Å². The number of aliphatic imine (C=N–C) groups is 1. The number of carbonyl (C=O) groups is 1. The number of carbonyl (C=O) groups excluding carboxylic acids is 1. The summed E-state index contributed by atoms with van der Waals surface area (Å²) in [4.78, 5) is 29.2. The number of rotatable bonds is 7. The zero-order valence-corrected chi connectivity index (χ0v) is 16.6. The van der Waals surface area contributed by atoms with Crippen LogP contribution in [0.4, 0.5) is 14.6 Å². The molecule has 3 heterocycles. The molecule has 0 bridgehead atoms. The molecule has 160 valence electrons. The zero-order chi connectivity index (χ0) is 21.7. The van der Waals surface area contributed by atoms with E-state index in [2.05, 4.69) is 30.0 Å². The van der Waals surface area contributed by atoms with Crippen molar-refractivity contribution in [3.8, 4) is 5.88 Å². The van der Waals surface area contributed by atoms with Crippen molar-refractivity contribution in [2.24, 2.45) is 10.7 Å². The van der Waals surface area contributed by atoms with Gasteiger partial charge in [-0.25, -0.2) is 28.7 Å². The van der Waals surface area contributed by atoms with Gasteiger partial charge < -0.3 is 20.5 Å². The summed E-state index contributed by atoms with van der Waals surface area (Å²) >= 11 is 0. The molecule has 0 saturated carbocycles. The van der Waals surface area contributed by atoms with Gasteiger partial charge in [-0.15, -0.1) is 0 Å². The van der Waals surface area contributed by atoms with Crippen LogP contribution in [0.1, 0.15) is 41.5 Å². The van der Waals surface area contributed by atoms with Gasteiger partial charge in [0.25, 0.3) is 11.9 Å². The maximum Gasteiger partial charge on any atom is 0.283 e. The van der Waals surface area contributed by atoms with E-state index in [1.54, 1.807) is 12.1 Å². The molecule has 1 aliphatic heterocycles. The molecular formula is C19H22F2N6O3. The highest BCUT2D eigenvalue weighted by Crippen LogP contribution is 2.39. The van der Waals surface area contributed by atoms with Crippen LogP contribution in [0, 0.1) is 6.92 Å². The fourth-order valence-corrected chi connectivity index (χ4v) is 3.31. The monoisotopic (exact) mass is 420 g/mol. The zero-order valence-electron chi connectivity index (χ0n) is 16.6. The van der Waals surface area contributed by atoms with Crippen molar-refractivity contribution in [3.63, 3.8) is 0 Å². The van der Waals surface area contributed by atoms with Gasteiger partial charge >= 0.3 is 0 Å². The van der Waals surface area contributed by atoms with Crippen molar-refractivity contribution in [2.45, 2.75) is 38.3 Å². The van der Waals surface area contributed by atoms with E-state index in [0.717, 1.165) is 18.0 Å². The number of anilines is 1. The second-order valence-corrected chi connectivity index (χ2v) is 6.74. The predicted molar refractivity (Wildman–Crippen MR) is 105 cm³/mol. The Morgan fingerprint density at radius 3 is 2.80 bits per heavy atom. The topological polar surface area (TPSA) is 125 Å². The first-order chi connectivity index (χ1) is 14.4. The number of aromatic nitrogens is 3. The number of halogens is 2. The van der Waals surface area contributed by atoms with E-state index in [-0.39, 0.29) is 29.8 Å². The first-order valence-corrected chi connectivity index (χ1v) is 9.29. The fraction of sp³-hybridized carbons (Fsp3) is 0.421. The predicted octanol–water partition coefficient (Wildman–Crippen LogP) is 2.42. The van der Waals surface area contributed by atoms with Gasteiger partial charge in [-0.1, -0.05) is 13.0 Å². The average Bonchev–Trinajstić information content (AvgIpc) is 2.75. The van der Waals surface area contributed by atoms with Crippen LogP contribution in [-0.2, 0) is 10.3 Å². The van der Waals surface area contributed by atoms with E-state index in [9.17, 15) is 13.6 Å². The van der Waals surface area contributed by atoms with Crippen molar-refractivity contribution in [3.05, 3.63) is 41.5 Å². The maximum atomic E-state index is 13.3. The van der Waals surface area contributed by atoms with Crippen LogP contribution in [0.3, 0.4) is 0 Å². The second kappa shape index (κ2) is 8.97. The lowest BCUT2D eigenvalue weighted by Crippen LogP contribution is -2.42. The summed E-state index contributed by atoms with van der Waals surface area (Å²) in [5.74, 6) is -0.331. The molecule has 0 fully saturated rings. The highest BCUT2D eigenvalue weighted by molar-refractivity contribution is 6.02. The van der Waals surface area contributed by atoms with Gasteiger partial charge in [0.1, 0.15) is 29.8 Å². The molecule has 2 atom stereocenters. The molecule has 30 heavy (non-hydrogen) atoms. The van der Waals surface area contributed by atoms with Crippen LogP contribution in [0.2, 0.25) is 0 Å². The number of aryl methyl sites for hydroxylation is 1. The lowest BCUT2D eigenvalue weighted by Gasteiger charge is -2.36. The number of hydrogen-bond donors (Lipinski definition) is 2. The van der Waals surface area contributed by atoms with E-state index in [4.69, 9.17) is 10.5 Å². The van der Waals surface area contributed by atoms with Gasteiger partial charge in [-0.05, 0) is 25.0 Å². The molecule has 0 spiro atoms. The van der Waals surface area contributed by atoms with Crippen LogP contribution in [0.5, 0.6) is 5.88 Å². The Morgan fingerprint density at radius 1 is 1.37 bits per heavy atom. The lowest BCUT2D eigenvalue weighted by atomic mass is 9.83. The summed E-state index contributed by atoms with van der Waals surface area (Å²) in [6, 6.07) is 3.32. The Hall–Kier alpha value is -3.37. The molecule has 2 aromatic heterocycles. The third-order valence-electron chi connectivity index (χ3n) is 4.78. The summed E-state index contributed by atoms with van der Waals surface area (Å²) in [6.07, 6.45) is 2.37.